The van der Waals surface area contributed by atoms with Gasteiger partial charge in [-0.05, 0) is 41.4 Å². The summed E-state index contributed by atoms with van der Waals surface area (Å²) in [5, 5.41) is 12.4. The van der Waals surface area contributed by atoms with Crippen molar-refractivity contribution in [2.24, 2.45) is 0 Å². The van der Waals surface area contributed by atoms with Crippen LogP contribution in [0.25, 0.3) is 0 Å². The monoisotopic (exact) mass is 266 g/mol. The standard InChI is InChI=1S/C12H15BrN2/c1-3-5-9(2)15-12-7-4-6-11(13)10(12)8-14/h4,6-7,9,15H,3,5H2,1-2H3. The molecule has 1 N–H and O–H groups in total. The zero-order chi connectivity index (χ0) is 11.3. The number of hydrogen-bond donors (Lipinski definition) is 1. The molecule has 1 atom stereocenters. The normalized spacial score (nSPS) is 11.9. The van der Waals surface area contributed by atoms with Crippen LogP contribution in [0.2, 0.25) is 0 Å². The first-order valence-electron chi connectivity index (χ1n) is 5.14. The molecular formula is C12H15BrN2. The van der Waals surface area contributed by atoms with E-state index in [4.69, 9.17) is 5.26 Å². The highest BCUT2D eigenvalue weighted by Crippen LogP contribution is 2.24. The molecule has 0 heterocycles. The van der Waals surface area contributed by atoms with E-state index in [1.807, 2.05) is 18.2 Å². The summed E-state index contributed by atoms with van der Waals surface area (Å²) in [6.45, 7) is 4.29. The molecule has 0 saturated heterocycles. The van der Waals surface area contributed by atoms with Gasteiger partial charge in [-0.15, -0.1) is 0 Å². The Morgan fingerprint density at radius 1 is 1.53 bits per heavy atom. The van der Waals surface area contributed by atoms with E-state index in [0.29, 0.717) is 11.6 Å². The van der Waals surface area contributed by atoms with Crippen LogP contribution in [0.1, 0.15) is 32.3 Å². The van der Waals surface area contributed by atoms with Crippen molar-refractivity contribution < 1.29 is 0 Å². The number of nitriles is 1. The lowest BCUT2D eigenvalue weighted by Crippen LogP contribution is -2.15. The lowest BCUT2D eigenvalue weighted by atomic mass is 10.1. The molecule has 80 valence electrons. The molecule has 0 spiro atoms. The Morgan fingerprint density at radius 3 is 2.87 bits per heavy atom. The lowest BCUT2D eigenvalue weighted by molar-refractivity contribution is 0.690. The van der Waals surface area contributed by atoms with Gasteiger partial charge >= 0.3 is 0 Å². The minimum absolute atomic E-state index is 0.399. The van der Waals surface area contributed by atoms with Crippen LogP contribution < -0.4 is 5.32 Å². The largest absolute Gasteiger partial charge is 0.381 e. The van der Waals surface area contributed by atoms with Crippen LogP contribution in [-0.4, -0.2) is 6.04 Å². The summed E-state index contributed by atoms with van der Waals surface area (Å²) in [5.74, 6) is 0. The molecule has 1 aromatic rings. The van der Waals surface area contributed by atoms with Gasteiger partial charge in [0.05, 0.1) is 11.3 Å². The van der Waals surface area contributed by atoms with Gasteiger partial charge in [0.25, 0.3) is 0 Å². The third-order valence-corrected chi connectivity index (χ3v) is 2.91. The van der Waals surface area contributed by atoms with Crippen molar-refractivity contribution in [2.75, 3.05) is 5.32 Å². The molecule has 15 heavy (non-hydrogen) atoms. The summed E-state index contributed by atoms with van der Waals surface area (Å²) in [6.07, 6.45) is 2.25. The van der Waals surface area contributed by atoms with Crippen molar-refractivity contribution >= 4 is 21.6 Å². The van der Waals surface area contributed by atoms with Gasteiger partial charge in [0, 0.05) is 10.5 Å². The van der Waals surface area contributed by atoms with Gasteiger partial charge in [0.1, 0.15) is 6.07 Å². The van der Waals surface area contributed by atoms with Crippen LogP contribution in [0.3, 0.4) is 0 Å². The second kappa shape index (κ2) is 5.77. The van der Waals surface area contributed by atoms with Gasteiger partial charge in [0.2, 0.25) is 0 Å². The second-order valence-corrected chi connectivity index (χ2v) is 4.46. The minimum Gasteiger partial charge on any atom is -0.381 e. The molecule has 1 rings (SSSR count). The fraction of sp³-hybridized carbons (Fsp3) is 0.417. The fourth-order valence-corrected chi connectivity index (χ4v) is 1.98. The van der Waals surface area contributed by atoms with E-state index in [0.717, 1.165) is 23.0 Å². The van der Waals surface area contributed by atoms with Gasteiger partial charge < -0.3 is 5.32 Å². The highest BCUT2D eigenvalue weighted by molar-refractivity contribution is 9.10. The van der Waals surface area contributed by atoms with Crippen molar-refractivity contribution in [3.63, 3.8) is 0 Å². The van der Waals surface area contributed by atoms with E-state index in [1.54, 1.807) is 0 Å². The van der Waals surface area contributed by atoms with Crippen LogP contribution >= 0.6 is 15.9 Å². The van der Waals surface area contributed by atoms with E-state index < -0.39 is 0 Å². The van der Waals surface area contributed by atoms with Gasteiger partial charge in [-0.1, -0.05) is 19.4 Å². The fourth-order valence-electron chi connectivity index (χ4n) is 1.53. The Morgan fingerprint density at radius 2 is 2.27 bits per heavy atom. The average Bonchev–Trinajstić information content (AvgIpc) is 2.18. The predicted octanol–water partition coefficient (Wildman–Crippen LogP) is 3.92. The van der Waals surface area contributed by atoms with E-state index in [1.165, 1.54) is 0 Å². The van der Waals surface area contributed by atoms with Crippen molar-refractivity contribution in [1.29, 1.82) is 5.26 Å². The molecule has 0 bridgehead atoms. The van der Waals surface area contributed by atoms with Gasteiger partial charge in [-0.3, -0.25) is 0 Å². The summed E-state index contributed by atoms with van der Waals surface area (Å²) in [7, 11) is 0. The molecular weight excluding hydrogens is 252 g/mol. The number of nitrogens with one attached hydrogen (secondary N) is 1. The minimum atomic E-state index is 0.399. The smallest absolute Gasteiger partial charge is 0.103 e. The Hall–Kier alpha value is -1.01. The van der Waals surface area contributed by atoms with Crippen molar-refractivity contribution in [3.8, 4) is 6.07 Å². The third kappa shape index (κ3) is 3.24. The van der Waals surface area contributed by atoms with E-state index in [9.17, 15) is 0 Å². The molecule has 0 aromatic heterocycles. The Bertz CT molecular complexity index is 368. The summed E-state index contributed by atoms with van der Waals surface area (Å²) in [6, 6.07) is 8.36. The maximum Gasteiger partial charge on any atom is 0.103 e. The number of hydrogen-bond acceptors (Lipinski definition) is 2. The van der Waals surface area contributed by atoms with Crippen LogP contribution in [0, 0.1) is 11.3 Å². The summed E-state index contributed by atoms with van der Waals surface area (Å²) in [4.78, 5) is 0. The molecule has 0 aliphatic carbocycles. The molecule has 0 aliphatic heterocycles. The lowest BCUT2D eigenvalue weighted by Gasteiger charge is -2.15. The molecule has 1 aromatic carbocycles. The number of benzene rings is 1. The van der Waals surface area contributed by atoms with E-state index in [2.05, 4.69) is 41.2 Å². The first-order chi connectivity index (χ1) is 7.19. The molecule has 0 fully saturated rings. The number of nitrogens with zero attached hydrogens (tertiary/aromatic N) is 1. The van der Waals surface area contributed by atoms with Crippen molar-refractivity contribution in [1.82, 2.24) is 0 Å². The zero-order valence-electron chi connectivity index (χ0n) is 9.05. The number of rotatable bonds is 4. The molecule has 0 aliphatic rings. The Labute approximate surface area is 99.4 Å². The molecule has 3 heteroatoms. The van der Waals surface area contributed by atoms with Crippen molar-refractivity contribution in [3.05, 3.63) is 28.2 Å². The molecule has 2 nitrogen and oxygen atoms in total. The summed E-state index contributed by atoms with van der Waals surface area (Å²) in [5.41, 5.74) is 1.59. The van der Waals surface area contributed by atoms with Crippen LogP contribution in [-0.2, 0) is 0 Å². The molecule has 0 saturated carbocycles. The SMILES string of the molecule is CCCC(C)Nc1cccc(Br)c1C#N. The maximum atomic E-state index is 9.02. The Kier molecular flexibility index (Phi) is 4.64. The quantitative estimate of drug-likeness (QED) is 0.897. The topological polar surface area (TPSA) is 35.8 Å². The van der Waals surface area contributed by atoms with Gasteiger partial charge in [-0.2, -0.15) is 5.26 Å². The maximum absolute atomic E-state index is 9.02. The second-order valence-electron chi connectivity index (χ2n) is 3.61. The highest BCUT2D eigenvalue weighted by atomic mass is 79.9. The molecule has 0 amide bonds. The van der Waals surface area contributed by atoms with Crippen molar-refractivity contribution in [2.45, 2.75) is 32.7 Å². The average molecular weight is 267 g/mol. The highest BCUT2D eigenvalue weighted by Gasteiger charge is 2.07. The summed E-state index contributed by atoms with van der Waals surface area (Å²) >= 11 is 3.37. The van der Waals surface area contributed by atoms with Gasteiger partial charge in [0.15, 0.2) is 0 Å². The Balaban J connectivity index is 2.86. The number of anilines is 1. The van der Waals surface area contributed by atoms with E-state index in [-0.39, 0.29) is 0 Å². The molecule has 0 radical (unpaired) electrons. The third-order valence-electron chi connectivity index (χ3n) is 2.25. The summed E-state index contributed by atoms with van der Waals surface area (Å²) < 4.78 is 0.846. The van der Waals surface area contributed by atoms with Crippen LogP contribution in [0.5, 0.6) is 0 Å². The number of halogens is 1. The van der Waals surface area contributed by atoms with Gasteiger partial charge in [-0.25, -0.2) is 0 Å². The molecule has 1 unspecified atom stereocenters. The first kappa shape index (κ1) is 12.1. The van der Waals surface area contributed by atoms with Crippen LogP contribution in [0.15, 0.2) is 22.7 Å². The zero-order valence-corrected chi connectivity index (χ0v) is 10.6. The predicted molar refractivity (Wildman–Crippen MR) is 66.8 cm³/mol. The first-order valence-corrected chi connectivity index (χ1v) is 5.93. The van der Waals surface area contributed by atoms with Crippen LogP contribution in [0.4, 0.5) is 5.69 Å². The van der Waals surface area contributed by atoms with E-state index >= 15 is 0 Å².